The molecule has 5 amide bonds. The van der Waals surface area contributed by atoms with Crippen molar-refractivity contribution in [2.24, 2.45) is 16.2 Å². The largest absolute Gasteiger partial charge is 0.501 e. The number of hydrogen-bond donors (Lipinski definition) is 5. The summed E-state index contributed by atoms with van der Waals surface area (Å²) in [6, 6.07) is 31.5. The van der Waals surface area contributed by atoms with E-state index in [1.807, 2.05) is 116 Å². The van der Waals surface area contributed by atoms with E-state index in [0.29, 0.717) is 75.2 Å². The van der Waals surface area contributed by atoms with Crippen molar-refractivity contribution in [3.05, 3.63) is 160 Å². The van der Waals surface area contributed by atoms with Crippen molar-refractivity contribution in [3.63, 3.8) is 0 Å². The summed E-state index contributed by atoms with van der Waals surface area (Å²) in [7, 11) is -11.0. The Bertz CT molecular complexity index is 4640. The third kappa shape index (κ3) is 22.3. The van der Waals surface area contributed by atoms with Gasteiger partial charge in [0.1, 0.15) is 17.0 Å². The molecule has 6 aromatic rings. The maximum atomic E-state index is 14.5. The molecule has 5 saturated heterocycles. The van der Waals surface area contributed by atoms with Crippen LogP contribution in [0, 0.1) is 23.2 Å². The van der Waals surface area contributed by atoms with Gasteiger partial charge in [0.05, 0.1) is 52.0 Å². The molecule has 0 unspecified atom stereocenters. The van der Waals surface area contributed by atoms with Crippen LogP contribution >= 0.6 is 34.7 Å². The van der Waals surface area contributed by atoms with Gasteiger partial charge in [-0.15, -0.1) is 23.1 Å². The fourth-order valence-corrected chi connectivity index (χ4v) is 20.6. The number of carbonyl (C=O) groups is 5. The van der Waals surface area contributed by atoms with E-state index in [1.54, 1.807) is 23.5 Å². The molecule has 5 fully saturated rings. The first-order valence-electron chi connectivity index (χ1n) is 40.1. The van der Waals surface area contributed by atoms with Crippen molar-refractivity contribution in [1.82, 2.24) is 44.8 Å². The number of carbonyl (C=O) groups excluding carboxylic acids is 5. The predicted molar refractivity (Wildman–Crippen MR) is 445 cm³/mol. The van der Waals surface area contributed by atoms with Crippen LogP contribution in [-0.4, -0.2) is 221 Å². The fourth-order valence-electron chi connectivity index (χ4n) is 16.7. The van der Waals surface area contributed by atoms with E-state index >= 15 is 0 Å². The van der Waals surface area contributed by atoms with Gasteiger partial charge in [0.15, 0.2) is 0 Å². The molecule has 22 nitrogen and oxygen atoms in total. The molecule has 6 aliphatic rings. The lowest BCUT2D eigenvalue weighted by molar-refractivity contribution is -0.144. The molecule has 0 bridgehead atoms. The Balaban J connectivity index is 0.583. The lowest BCUT2D eigenvalue weighted by atomic mass is 9.71. The fraction of sp³-hybridized carbons (Fsp3) is 0.529. The van der Waals surface area contributed by atoms with E-state index in [0.717, 1.165) is 160 Å². The molecule has 30 heteroatoms. The van der Waals surface area contributed by atoms with Crippen LogP contribution in [0.2, 0.25) is 5.02 Å². The van der Waals surface area contributed by atoms with Gasteiger partial charge in [0.25, 0.3) is 25.8 Å². The number of thiazole rings is 1. The summed E-state index contributed by atoms with van der Waals surface area (Å²) >= 11 is 9.43. The van der Waals surface area contributed by atoms with Crippen molar-refractivity contribution in [2.45, 2.75) is 175 Å². The summed E-state index contributed by atoms with van der Waals surface area (Å²) in [6.07, 6.45) is 7.73. The first-order valence-corrected chi connectivity index (χ1v) is 45.3. The van der Waals surface area contributed by atoms with Gasteiger partial charge in [0, 0.05) is 136 Å². The number of rotatable bonds is 31. The van der Waals surface area contributed by atoms with E-state index in [-0.39, 0.29) is 59.5 Å². The number of allylic oxidation sites excluding steroid dienone is 1. The van der Waals surface area contributed by atoms with Crippen LogP contribution in [0.3, 0.4) is 0 Å². The molecule has 1 aliphatic carbocycles. The number of alkyl halides is 3. The second kappa shape index (κ2) is 37.7. The Morgan fingerprint density at radius 1 is 0.765 bits per heavy atom. The van der Waals surface area contributed by atoms with Gasteiger partial charge >= 0.3 is 5.51 Å². The maximum Gasteiger partial charge on any atom is 0.501 e. The van der Waals surface area contributed by atoms with Gasteiger partial charge in [-0.25, -0.2) is 26.5 Å². The van der Waals surface area contributed by atoms with Crippen molar-refractivity contribution in [1.29, 1.82) is 0 Å². The molecule has 115 heavy (non-hydrogen) atoms. The average molecular weight is 1680 g/mol. The highest BCUT2D eigenvalue weighted by atomic mass is 35.5. The van der Waals surface area contributed by atoms with Gasteiger partial charge in [-0.05, 0) is 178 Å². The summed E-state index contributed by atoms with van der Waals surface area (Å²) in [6.45, 7) is 22.8. The lowest BCUT2D eigenvalue weighted by Gasteiger charge is -2.47. The number of β-amino-alcohol motifs (C(OH)–C–C–N with tert-alkyl or cyclic N) is 1. The molecule has 6 heterocycles. The number of aromatic nitrogens is 1. The molecule has 6 atom stereocenters. The number of aliphatic hydroxyl groups is 1. The Hall–Kier alpha value is -7.45. The third-order valence-corrected chi connectivity index (χ3v) is 28.9. The topological polar surface area (TPSA) is 264 Å². The van der Waals surface area contributed by atoms with Crippen LogP contribution in [0.15, 0.2) is 147 Å². The third-order valence-electron chi connectivity index (χ3n) is 23.6. The summed E-state index contributed by atoms with van der Waals surface area (Å²) in [4.78, 5) is 86.0. The van der Waals surface area contributed by atoms with E-state index in [4.69, 9.17) is 16.3 Å². The number of nitrogens with zero attached hydrogens (tertiary/aromatic N) is 7. The molecule has 0 saturated carbocycles. The van der Waals surface area contributed by atoms with Gasteiger partial charge in [-0.3, -0.25) is 33.8 Å². The number of thioether (sulfide) groups is 1. The standard InChI is InChI=1S/C85H109ClF3N11O11S4/c1-58(60-18-20-62(21-19-60)77-59(2)90-57-113-77)91-80(105)73-48-68(101)52-100(73)81(106)78(82(3,4)5)93-75(102)16-12-7-8-13-17-76(103)99-46-42-97(43-47-99)54-83(6)34-32-71(61-22-26-65(86)27-23-61)64(50-83)51-96-40-44-98(45-41-96)67-28-24-63(25-29-67)79(104)94-115(109,110)70-30-31-72(74(49-70)114(107,108)85(87,88)89)92-66(53-112-69-14-10-9-11-15-69)33-37-95-38-35-84(36-39-95)55-111-56-84/h9-11,14-15,18-31,49,57-58,66,68,73,78,92,101H,7-8,12-13,16-17,32-48,50-56H2,1-6H3,(H,91,105)(H,93,102)(H,94,104)/t58-,66+,68+,73-,78+,83+/m0/s1. The van der Waals surface area contributed by atoms with Crippen LogP contribution in [0.1, 0.15) is 151 Å². The van der Waals surface area contributed by atoms with E-state index in [1.165, 1.54) is 39.9 Å². The number of halogens is 4. The zero-order chi connectivity index (χ0) is 82.0. The Morgan fingerprint density at radius 3 is 2.06 bits per heavy atom. The monoisotopic (exact) mass is 1680 g/mol. The van der Waals surface area contributed by atoms with Crippen molar-refractivity contribution >= 4 is 101 Å². The van der Waals surface area contributed by atoms with Crippen LogP contribution in [-0.2, 0) is 43.8 Å². The number of aliphatic hydroxyl groups excluding tert-OH is 1. The molecule has 5 aromatic carbocycles. The van der Waals surface area contributed by atoms with Crippen molar-refractivity contribution in [2.75, 3.05) is 121 Å². The summed E-state index contributed by atoms with van der Waals surface area (Å²) < 4.78 is 105. The number of hydrogen-bond acceptors (Lipinski definition) is 19. The van der Waals surface area contributed by atoms with E-state index in [9.17, 15) is 59.1 Å². The molecule has 622 valence electrons. The number of piperazine rings is 2. The van der Waals surface area contributed by atoms with Gasteiger partial charge in [0.2, 0.25) is 23.6 Å². The van der Waals surface area contributed by atoms with Gasteiger partial charge < -0.3 is 45.4 Å². The number of likely N-dealkylation sites (tertiary alicyclic amines) is 2. The summed E-state index contributed by atoms with van der Waals surface area (Å²) in [5.74, 6) is -1.62. The maximum absolute atomic E-state index is 14.5. The number of benzene rings is 5. The summed E-state index contributed by atoms with van der Waals surface area (Å²) in [5.41, 5.74) is 2.59. The zero-order valence-corrected chi connectivity index (χ0v) is 70.6. The van der Waals surface area contributed by atoms with Crippen LogP contribution in [0.4, 0.5) is 24.5 Å². The molecule has 5 aliphatic heterocycles. The van der Waals surface area contributed by atoms with Crippen LogP contribution in [0.5, 0.6) is 0 Å². The van der Waals surface area contributed by atoms with Gasteiger partial charge in [-0.2, -0.15) is 13.2 Å². The first kappa shape index (κ1) is 86.9. The van der Waals surface area contributed by atoms with Crippen molar-refractivity contribution in [3.8, 4) is 10.4 Å². The molecule has 0 radical (unpaired) electrons. The Labute approximate surface area is 688 Å². The smallest absolute Gasteiger partial charge is 0.391 e. The molecule has 5 N–H and O–H groups in total. The molecular formula is C85H109ClF3N11O11S4. The molecule has 1 spiro atoms. The Kier molecular flexibility index (Phi) is 28.4. The lowest BCUT2D eigenvalue weighted by Crippen LogP contribution is -2.57. The minimum absolute atomic E-state index is 0.0207. The molecule has 12 rings (SSSR count). The minimum Gasteiger partial charge on any atom is -0.391 e. The highest BCUT2D eigenvalue weighted by Gasteiger charge is 2.50. The zero-order valence-electron chi connectivity index (χ0n) is 66.5. The van der Waals surface area contributed by atoms with E-state index in [2.05, 4.69) is 59.6 Å². The highest BCUT2D eigenvalue weighted by molar-refractivity contribution is 7.99. The quantitative estimate of drug-likeness (QED) is 0.0200. The van der Waals surface area contributed by atoms with Crippen LogP contribution < -0.4 is 25.6 Å². The normalized spacial score (nSPS) is 20.8. The number of sulfone groups is 1. The Morgan fingerprint density at radius 2 is 1.43 bits per heavy atom. The number of unbranched alkanes of at least 4 members (excludes halogenated alkanes) is 3. The second-order valence-electron chi connectivity index (χ2n) is 33.5. The SMILES string of the molecule is Cc1ncsc1-c1ccc([C@H](C)NC(=O)[C@@H]2C[C@@H](O)CN2C(=O)[C@@H](NC(=O)CCCCCCC(=O)N2CCN(C[C@]3(C)CCC(c4ccc(Cl)cc4)=C(CN4CCN(c5ccc(C(=O)NS(=O)(=O)c6ccc(N[C@H](CCN7CCC8(CC7)COC8)CSc7ccccc7)c(S(=O)(=O)C(F)(F)F)c6)cc5)CC4)C3)CC2)C(C)(C)C)cc1. The number of nitrogens with one attached hydrogen (secondary N) is 4. The second-order valence-corrected chi connectivity index (χ2v) is 39.4. The number of aryl methyl sites for hydroxylation is 1. The number of anilines is 2. The highest BCUT2D eigenvalue weighted by Crippen LogP contribution is 2.45. The number of piperidine rings is 1. The first-order chi connectivity index (χ1) is 54.7. The summed E-state index contributed by atoms with van der Waals surface area (Å²) in [5, 5.41) is 20.5. The number of sulfonamides is 1. The molecular weight excluding hydrogens is 1570 g/mol. The predicted octanol–water partition coefficient (Wildman–Crippen LogP) is 12.9. The van der Waals surface area contributed by atoms with E-state index < -0.39 is 82.3 Å². The van der Waals surface area contributed by atoms with Gasteiger partial charge in [-0.1, -0.05) is 112 Å². The average Bonchev–Trinajstić information content (AvgIpc) is 1.57. The van der Waals surface area contributed by atoms with Crippen LogP contribution in [0.25, 0.3) is 16.0 Å². The number of ether oxygens (including phenoxy) is 1. The minimum atomic E-state index is -6.11. The molecule has 1 aromatic heterocycles. The van der Waals surface area contributed by atoms with Crippen molar-refractivity contribution < 1.29 is 63.8 Å². The number of amides is 5.